The summed E-state index contributed by atoms with van der Waals surface area (Å²) in [4.78, 5) is 88.8. The van der Waals surface area contributed by atoms with Crippen molar-refractivity contribution in [2.24, 2.45) is 23.7 Å². The monoisotopic (exact) mass is 1060 g/mol. The molecule has 74 heavy (non-hydrogen) atoms. The zero-order chi connectivity index (χ0) is 55.6. The van der Waals surface area contributed by atoms with Crippen LogP contribution in [0.2, 0.25) is 0 Å². The number of carboxylic acids is 1. The Kier molecular flexibility index (Phi) is 24.9. The lowest BCUT2D eigenvalue weighted by Gasteiger charge is -2.41. The fraction of sp³-hybridized carbons (Fsp3) is 0.604. The Morgan fingerprint density at radius 3 is 1.99 bits per heavy atom. The minimum atomic E-state index is -5.08. The molecule has 17 nitrogen and oxygen atoms in total. The molecule has 2 heterocycles. The minimum Gasteiger partial charge on any atom is -0.475 e. The summed E-state index contributed by atoms with van der Waals surface area (Å²) in [6.07, 6.45) is -2.24. The average molecular weight is 1060 g/mol. The van der Waals surface area contributed by atoms with Gasteiger partial charge in [-0.15, -0.1) is 11.3 Å². The van der Waals surface area contributed by atoms with Gasteiger partial charge in [-0.25, -0.2) is 14.6 Å². The number of aliphatic carboxylic acids is 1. The Morgan fingerprint density at radius 2 is 1.49 bits per heavy atom. The van der Waals surface area contributed by atoms with Crippen molar-refractivity contribution in [1.82, 2.24) is 30.3 Å². The fourth-order valence-corrected chi connectivity index (χ4v) is 10.2. The molecule has 0 radical (unpaired) electrons. The first-order valence-electron chi connectivity index (χ1n) is 25.0. The van der Waals surface area contributed by atoms with Crippen molar-refractivity contribution >= 4 is 52.7 Å². The number of aromatic nitrogens is 1. The first-order valence-corrected chi connectivity index (χ1v) is 25.9. The Hall–Kier alpha value is -5.64. The molecule has 1 saturated heterocycles. The predicted octanol–water partition coefficient (Wildman–Crippen LogP) is 7.55. The van der Waals surface area contributed by atoms with E-state index in [2.05, 4.69) is 15.6 Å². The Bertz CT molecular complexity index is 2240. The van der Waals surface area contributed by atoms with Gasteiger partial charge < -0.3 is 40.1 Å². The average Bonchev–Trinajstić information content (AvgIpc) is 4.08. The third-order valence-corrected chi connectivity index (χ3v) is 14.7. The minimum absolute atomic E-state index is 0.0117. The van der Waals surface area contributed by atoms with Crippen molar-refractivity contribution in [3.8, 4) is 0 Å². The molecule has 0 saturated carbocycles. The normalized spacial score (nSPS) is 17.0. The van der Waals surface area contributed by atoms with Gasteiger partial charge in [0.2, 0.25) is 23.6 Å². The Morgan fingerprint density at radius 1 is 0.865 bits per heavy atom. The molecule has 4 N–H and O–H groups in total. The lowest BCUT2D eigenvalue weighted by molar-refractivity contribution is -0.192. The first-order chi connectivity index (χ1) is 34.8. The zero-order valence-corrected chi connectivity index (χ0v) is 45.6. The van der Waals surface area contributed by atoms with Crippen LogP contribution in [0.1, 0.15) is 96.3 Å². The quantitative estimate of drug-likeness (QED) is 0.0648. The largest absolute Gasteiger partial charge is 0.490 e. The molecule has 1 aliphatic heterocycles. The molecule has 1 fully saturated rings. The first kappa shape index (κ1) is 62.7. The molecule has 1 aliphatic rings. The van der Waals surface area contributed by atoms with E-state index in [1.807, 2.05) is 113 Å². The molecule has 4 rings (SSSR count). The van der Waals surface area contributed by atoms with E-state index in [0.717, 1.165) is 27.5 Å². The van der Waals surface area contributed by atoms with E-state index < -0.39 is 54.5 Å². The fourth-order valence-electron chi connectivity index (χ4n) is 9.49. The number of carbonyl (C=O) groups excluding carboxylic acids is 4. The predicted molar refractivity (Wildman–Crippen MR) is 278 cm³/mol. The summed E-state index contributed by atoms with van der Waals surface area (Å²) in [7, 11) is 8.29. The van der Waals surface area contributed by atoms with Gasteiger partial charge >= 0.3 is 18.2 Å². The molecule has 0 aliphatic carbocycles. The van der Waals surface area contributed by atoms with Gasteiger partial charge in [0.1, 0.15) is 11.0 Å². The zero-order valence-electron chi connectivity index (χ0n) is 44.8. The second-order valence-corrected chi connectivity index (χ2v) is 20.6. The van der Waals surface area contributed by atoms with Gasteiger partial charge in [-0.2, -0.15) is 13.2 Å². The third kappa shape index (κ3) is 17.8. The molecule has 2 aromatic carbocycles. The molecule has 1 aromatic heterocycles. The van der Waals surface area contributed by atoms with E-state index >= 15 is 0 Å². The second-order valence-electron chi connectivity index (χ2n) is 19.7. The summed E-state index contributed by atoms with van der Waals surface area (Å²) >= 11 is 1.50. The summed E-state index contributed by atoms with van der Waals surface area (Å²) in [5, 5.41) is 25.5. The van der Waals surface area contributed by atoms with Crippen LogP contribution in [0.3, 0.4) is 0 Å². The maximum Gasteiger partial charge on any atom is 0.490 e. The van der Waals surface area contributed by atoms with Crippen LogP contribution < -0.4 is 15.5 Å². The molecular weight excluding hydrogens is 984 g/mol. The van der Waals surface area contributed by atoms with Gasteiger partial charge in [0.25, 0.3) is 0 Å². The topological polar surface area (TPSA) is 211 Å². The highest BCUT2D eigenvalue weighted by Crippen LogP contribution is 2.31. The van der Waals surface area contributed by atoms with Crippen molar-refractivity contribution in [1.29, 1.82) is 0 Å². The number of carbonyl (C=O) groups is 6. The van der Waals surface area contributed by atoms with Crippen LogP contribution in [0.4, 0.5) is 23.7 Å². The van der Waals surface area contributed by atoms with Gasteiger partial charge in [-0.1, -0.05) is 97.4 Å². The number of anilines is 1. The summed E-state index contributed by atoms with van der Waals surface area (Å²) < 4.78 is 43.9. The van der Waals surface area contributed by atoms with Crippen LogP contribution in [0, 0.1) is 23.7 Å². The van der Waals surface area contributed by atoms with E-state index in [1.165, 1.54) is 18.4 Å². The smallest absolute Gasteiger partial charge is 0.475 e. The molecule has 3 aromatic rings. The second kappa shape index (κ2) is 29.5. The van der Waals surface area contributed by atoms with Crippen LogP contribution in [-0.2, 0) is 46.3 Å². The van der Waals surface area contributed by atoms with Crippen molar-refractivity contribution in [3.05, 3.63) is 82.3 Å². The van der Waals surface area contributed by atoms with Crippen molar-refractivity contribution < 1.29 is 61.6 Å². The molecule has 9 atom stereocenters. The van der Waals surface area contributed by atoms with Crippen LogP contribution in [0.25, 0.3) is 0 Å². The molecule has 0 bridgehead atoms. The van der Waals surface area contributed by atoms with E-state index in [-0.39, 0.29) is 59.9 Å². The number of nitrogens with one attached hydrogen (secondary N) is 2. The number of likely N-dealkylation sites (tertiary alicyclic amines) is 1. The molecule has 412 valence electrons. The Balaban J connectivity index is 0.00000192. The Labute approximate surface area is 438 Å². The van der Waals surface area contributed by atoms with Crippen molar-refractivity contribution in [2.75, 3.05) is 53.4 Å². The number of rotatable bonds is 25. The summed E-state index contributed by atoms with van der Waals surface area (Å²) in [5.74, 6) is -4.54. The molecule has 8 unspecified atom stereocenters. The number of amides is 5. The standard InChI is InChI=1S/C51H77N7O8S.C2HF3O2/c1-13-34(6)45(57(10)50(62)43(32(2)3)54-48(61)44(33(4)5)55(8)28-25-36-21-23-38(24-22-36)56(9)51(63)64)41(65-11)31-42(59)58-27-17-20-40(58)46(66-12)35(7)47(60)53-39(49-52-26-29-67-49)30-37-18-15-14-16-19-37;3-2(4,5)1(6)7/h14-16,18-19,21-24,26,29,32-35,39-41,43-46H,13,17,20,25,27-28,30-31H2,1-12H3,(H,53,60)(H,54,61)(H,63,64);(H,6,7)/t34?,35?,39?,40-,41?,43?,44?,45?,46?;/m0./s1. The maximum atomic E-state index is 14.7. The van der Waals surface area contributed by atoms with Crippen LogP contribution in [0.15, 0.2) is 66.2 Å². The molecule has 0 spiro atoms. The number of ether oxygens (including phenoxy) is 2. The van der Waals surface area contributed by atoms with Gasteiger partial charge in [-0.05, 0) is 73.7 Å². The summed E-state index contributed by atoms with van der Waals surface area (Å²) in [5.41, 5.74) is 2.65. The highest BCUT2D eigenvalue weighted by atomic mass is 32.1. The van der Waals surface area contributed by atoms with Crippen molar-refractivity contribution in [2.45, 2.75) is 136 Å². The molecule has 21 heteroatoms. The van der Waals surface area contributed by atoms with Gasteiger partial charge in [0, 0.05) is 58.7 Å². The van der Waals surface area contributed by atoms with Gasteiger partial charge in [-0.3, -0.25) is 29.0 Å². The van der Waals surface area contributed by atoms with Gasteiger partial charge in [0.15, 0.2) is 0 Å². The summed E-state index contributed by atoms with van der Waals surface area (Å²) in [6.45, 7) is 14.8. The number of methoxy groups -OCH3 is 2. The lowest BCUT2D eigenvalue weighted by atomic mass is 9.89. The van der Waals surface area contributed by atoms with Crippen LogP contribution >= 0.6 is 11.3 Å². The SMILES string of the molecule is CCC(C)C(C(CC(=O)N1CCC[C@H]1C(OC)C(C)C(=O)NC(Cc1ccccc1)c1nccs1)OC)N(C)C(=O)C(NC(=O)C(C(C)C)N(C)CCc1ccc(N(C)C(=O)O)cc1)C(C)C.O=C(O)C(F)(F)F. The van der Waals surface area contributed by atoms with Crippen molar-refractivity contribution in [3.63, 3.8) is 0 Å². The number of alkyl halides is 3. The number of nitrogens with zero attached hydrogens (tertiary/aromatic N) is 5. The number of hydrogen-bond acceptors (Lipinski definition) is 11. The van der Waals surface area contributed by atoms with Crippen LogP contribution in [-0.4, -0.2) is 157 Å². The van der Waals surface area contributed by atoms with E-state index in [0.29, 0.717) is 44.5 Å². The maximum absolute atomic E-state index is 14.7. The number of thiazole rings is 1. The van der Waals surface area contributed by atoms with E-state index in [1.54, 1.807) is 44.5 Å². The van der Waals surface area contributed by atoms with Crippen LogP contribution in [0.5, 0.6) is 0 Å². The highest BCUT2D eigenvalue weighted by Gasteiger charge is 2.44. The third-order valence-electron chi connectivity index (χ3n) is 13.8. The number of halogens is 3. The number of carboxylic acid groups (broad SMARTS) is 2. The molecular formula is C53H78F3N7O10S. The number of likely N-dealkylation sites (N-methyl/N-ethyl adjacent to an activating group) is 2. The number of hydrogen-bond donors (Lipinski definition) is 4. The highest BCUT2D eigenvalue weighted by molar-refractivity contribution is 7.09. The lowest BCUT2D eigenvalue weighted by Crippen LogP contribution is -2.60. The summed E-state index contributed by atoms with van der Waals surface area (Å²) in [6, 6.07) is 14.8. The van der Waals surface area contributed by atoms with Gasteiger partial charge in [0.05, 0.1) is 48.7 Å². The van der Waals surface area contributed by atoms with E-state index in [9.17, 15) is 42.3 Å². The van der Waals surface area contributed by atoms with E-state index in [4.69, 9.17) is 19.4 Å². The molecule has 5 amide bonds. The number of benzene rings is 2.